The fourth-order valence-corrected chi connectivity index (χ4v) is 2.46. The summed E-state index contributed by atoms with van der Waals surface area (Å²) in [7, 11) is 0. The van der Waals surface area contributed by atoms with Gasteiger partial charge in [-0.1, -0.05) is 28.1 Å². The standard InChI is InChI=1S/C12H15BrN2O/c13-6-10-5-12(16)15(8-10)7-9-2-1-3-11(14)4-9/h1-4,10H,5-8,14H2. The molecule has 16 heavy (non-hydrogen) atoms. The van der Waals surface area contributed by atoms with E-state index >= 15 is 0 Å². The van der Waals surface area contributed by atoms with E-state index in [1.54, 1.807) is 0 Å². The van der Waals surface area contributed by atoms with Crippen molar-refractivity contribution in [2.24, 2.45) is 5.92 Å². The van der Waals surface area contributed by atoms with Gasteiger partial charge in [0, 0.05) is 30.5 Å². The first-order valence-corrected chi connectivity index (χ1v) is 6.49. The lowest BCUT2D eigenvalue weighted by atomic mass is 10.1. The average Bonchev–Trinajstić information content (AvgIpc) is 2.60. The van der Waals surface area contributed by atoms with Gasteiger partial charge in [0.1, 0.15) is 0 Å². The third-order valence-electron chi connectivity index (χ3n) is 2.84. The van der Waals surface area contributed by atoms with Crippen LogP contribution in [0.5, 0.6) is 0 Å². The highest BCUT2D eigenvalue weighted by atomic mass is 79.9. The molecule has 0 spiro atoms. The molecule has 1 aromatic rings. The zero-order chi connectivity index (χ0) is 11.5. The monoisotopic (exact) mass is 282 g/mol. The fraction of sp³-hybridized carbons (Fsp3) is 0.417. The van der Waals surface area contributed by atoms with Gasteiger partial charge in [-0.05, 0) is 23.6 Å². The van der Waals surface area contributed by atoms with Crippen LogP contribution in [0.25, 0.3) is 0 Å². The Kier molecular flexibility index (Phi) is 3.49. The first-order valence-electron chi connectivity index (χ1n) is 5.37. The summed E-state index contributed by atoms with van der Waals surface area (Å²) >= 11 is 3.43. The van der Waals surface area contributed by atoms with Crippen LogP contribution in [0, 0.1) is 5.92 Å². The van der Waals surface area contributed by atoms with Gasteiger partial charge in [-0.2, -0.15) is 0 Å². The number of nitrogens with two attached hydrogens (primary N) is 1. The zero-order valence-corrected chi connectivity index (χ0v) is 10.6. The van der Waals surface area contributed by atoms with E-state index < -0.39 is 0 Å². The second-order valence-electron chi connectivity index (χ2n) is 4.24. The molecule has 3 nitrogen and oxygen atoms in total. The van der Waals surface area contributed by atoms with E-state index in [0.29, 0.717) is 18.9 Å². The van der Waals surface area contributed by atoms with Crippen LogP contribution < -0.4 is 5.73 Å². The van der Waals surface area contributed by atoms with Crippen molar-refractivity contribution in [1.29, 1.82) is 0 Å². The van der Waals surface area contributed by atoms with Crippen LogP contribution in [0.3, 0.4) is 0 Å². The molecule has 1 saturated heterocycles. The molecule has 1 aliphatic heterocycles. The molecule has 1 amide bonds. The lowest BCUT2D eigenvalue weighted by molar-refractivity contribution is -0.128. The Labute approximate surface area is 104 Å². The number of hydrogen-bond donors (Lipinski definition) is 1. The van der Waals surface area contributed by atoms with E-state index in [1.807, 2.05) is 29.2 Å². The van der Waals surface area contributed by atoms with Crippen molar-refractivity contribution < 1.29 is 4.79 Å². The maximum absolute atomic E-state index is 11.7. The van der Waals surface area contributed by atoms with Crippen LogP contribution in [0.1, 0.15) is 12.0 Å². The van der Waals surface area contributed by atoms with Gasteiger partial charge < -0.3 is 10.6 Å². The van der Waals surface area contributed by atoms with Crippen LogP contribution in [0.15, 0.2) is 24.3 Å². The number of nitrogens with zero attached hydrogens (tertiary/aromatic N) is 1. The first kappa shape index (κ1) is 11.5. The van der Waals surface area contributed by atoms with Crippen molar-refractivity contribution in [2.75, 3.05) is 17.6 Å². The van der Waals surface area contributed by atoms with Crippen LogP contribution >= 0.6 is 15.9 Å². The molecule has 0 aliphatic carbocycles. The van der Waals surface area contributed by atoms with Crippen LogP contribution in [-0.2, 0) is 11.3 Å². The smallest absolute Gasteiger partial charge is 0.223 e. The number of amides is 1. The number of carbonyl (C=O) groups excluding carboxylic acids is 1. The molecule has 1 fully saturated rings. The average molecular weight is 283 g/mol. The van der Waals surface area contributed by atoms with Crippen LogP contribution in [0.2, 0.25) is 0 Å². The normalized spacial score (nSPS) is 20.4. The summed E-state index contributed by atoms with van der Waals surface area (Å²) in [4.78, 5) is 13.6. The number of rotatable bonds is 3. The number of likely N-dealkylation sites (tertiary alicyclic amines) is 1. The molecule has 1 atom stereocenters. The van der Waals surface area contributed by atoms with Gasteiger partial charge in [0.2, 0.25) is 5.91 Å². The Balaban J connectivity index is 2.03. The van der Waals surface area contributed by atoms with Gasteiger partial charge in [-0.3, -0.25) is 4.79 Å². The van der Waals surface area contributed by atoms with E-state index in [9.17, 15) is 4.79 Å². The zero-order valence-electron chi connectivity index (χ0n) is 9.03. The number of hydrogen-bond acceptors (Lipinski definition) is 2. The maximum atomic E-state index is 11.7. The van der Waals surface area contributed by atoms with Gasteiger partial charge in [-0.25, -0.2) is 0 Å². The van der Waals surface area contributed by atoms with E-state index in [-0.39, 0.29) is 5.91 Å². The molecular formula is C12H15BrN2O. The summed E-state index contributed by atoms with van der Waals surface area (Å²) in [6.45, 7) is 1.52. The predicted octanol–water partition coefficient (Wildman–Crippen LogP) is 2.01. The summed E-state index contributed by atoms with van der Waals surface area (Å²) in [6.07, 6.45) is 0.660. The molecule has 0 saturated carbocycles. The topological polar surface area (TPSA) is 46.3 Å². The number of nitrogen functional groups attached to an aromatic ring is 1. The third kappa shape index (κ3) is 2.55. The molecule has 1 aromatic carbocycles. The van der Waals surface area contributed by atoms with E-state index in [4.69, 9.17) is 5.73 Å². The van der Waals surface area contributed by atoms with E-state index in [0.717, 1.165) is 23.1 Å². The molecular weight excluding hydrogens is 268 g/mol. The molecule has 2 rings (SSSR count). The van der Waals surface area contributed by atoms with E-state index in [2.05, 4.69) is 15.9 Å². The first-order chi connectivity index (χ1) is 7.69. The van der Waals surface area contributed by atoms with Gasteiger partial charge >= 0.3 is 0 Å². The van der Waals surface area contributed by atoms with Gasteiger partial charge in [0.25, 0.3) is 0 Å². The number of benzene rings is 1. The number of carbonyl (C=O) groups is 1. The van der Waals surface area contributed by atoms with Crippen molar-refractivity contribution in [3.8, 4) is 0 Å². The lowest BCUT2D eigenvalue weighted by Crippen LogP contribution is -2.24. The SMILES string of the molecule is Nc1cccc(CN2CC(CBr)CC2=O)c1. The van der Waals surface area contributed by atoms with E-state index in [1.165, 1.54) is 0 Å². The molecule has 0 bridgehead atoms. The summed E-state index contributed by atoms with van der Waals surface area (Å²) in [6, 6.07) is 7.71. The Morgan fingerprint density at radius 3 is 2.94 bits per heavy atom. The quantitative estimate of drug-likeness (QED) is 0.681. The summed E-state index contributed by atoms with van der Waals surface area (Å²) in [5.74, 6) is 0.695. The Morgan fingerprint density at radius 1 is 1.50 bits per heavy atom. The second kappa shape index (κ2) is 4.87. The number of alkyl halides is 1. The minimum atomic E-state index is 0.242. The van der Waals surface area contributed by atoms with Crippen molar-refractivity contribution in [1.82, 2.24) is 4.90 Å². The summed E-state index contributed by atoms with van der Waals surface area (Å²) in [5.41, 5.74) is 7.56. The fourth-order valence-electron chi connectivity index (χ4n) is 2.02. The van der Waals surface area contributed by atoms with Crippen molar-refractivity contribution >= 4 is 27.5 Å². The van der Waals surface area contributed by atoms with Gasteiger partial charge in [-0.15, -0.1) is 0 Å². The van der Waals surface area contributed by atoms with Crippen molar-refractivity contribution in [3.05, 3.63) is 29.8 Å². The largest absolute Gasteiger partial charge is 0.399 e. The van der Waals surface area contributed by atoms with Crippen LogP contribution in [-0.4, -0.2) is 22.7 Å². The Hall–Kier alpha value is -1.03. The molecule has 1 aliphatic rings. The summed E-state index contributed by atoms with van der Waals surface area (Å²) in [5, 5.41) is 0.895. The number of anilines is 1. The minimum absolute atomic E-state index is 0.242. The minimum Gasteiger partial charge on any atom is -0.399 e. The highest BCUT2D eigenvalue weighted by molar-refractivity contribution is 9.09. The van der Waals surface area contributed by atoms with Gasteiger partial charge in [0.15, 0.2) is 0 Å². The predicted molar refractivity (Wildman–Crippen MR) is 68.2 cm³/mol. The summed E-state index contributed by atoms with van der Waals surface area (Å²) < 4.78 is 0. The molecule has 1 unspecified atom stereocenters. The van der Waals surface area contributed by atoms with Crippen molar-refractivity contribution in [3.63, 3.8) is 0 Å². The second-order valence-corrected chi connectivity index (χ2v) is 4.89. The maximum Gasteiger partial charge on any atom is 0.223 e. The van der Waals surface area contributed by atoms with Crippen LogP contribution in [0.4, 0.5) is 5.69 Å². The van der Waals surface area contributed by atoms with Gasteiger partial charge in [0.05, 0.1) is 0 Å². The Morgan fingerprint density at radius 2 is 2.31 bits per heavy atom. The number of halogens is 1. The molecule has 1 heterocycles. The molecule has 4 heteroatoms. The molecule has 2 N–H and O–H groups in total. The lowest BCUT2D eigenvalue weighted by Gasteiger charge is -2.16. The Bertz CT molecular complexity index is 394. The molecule has 0 radical (unpaired) electrons. The highest BCUT2D eigenvalue weighted by Gasteiger charge is 2.28. The highest BCUT2D eigenvalue weighted by Crippen LogP contribution is 2.22. The molecule has 86 valence electrons. The van der Waals surface area contributed by atoms with Crippen molar-refractivity contribution in [2.45, 2.75) is 13.0 Å². The molecule has 0 aromatic heterocycles. The third-order valence-corrected chi connectivity index (χ3v) is 3.75.